The van der Waals surface area contributed by atoms with Crippen molar-refractivity contribution in [3.63, 3.8) is 0 Å². The van der Waals surface area contributed by atoms with Crippen LogP contribution in [-0.2, 0) is 17.9 Å². The standard InChI is InChI=1S/C27H23BrN2O2S/c1-2-15-32-24-14-13-23(28)16-22(24)17-25-26(31)30(19-21-11-7-4-8-12-21)27(33-25)29-18-20-9-5-3-6-10-20/h2-14,16-17H,1,15,18-19H2/b25-17-,29-27?. The van der Waals surface area contributed by atoms with Crippen molar-refractivity contribution in [2.75, 3.05) is 6.61 Å². The zero-order valence-electron chi connectivity index (χ0n) is 18.0. The Morgan fingerprint density at radius 3 is 2.39 bits per heavy atom. The van der Waals surface area contributed by atoms with E-state index in [1.807, 2.05) is 84.9 Å². The molecule has 0 aliphatic carbocycles. The Hall–Kier alpha value is -3.09. The van der Waals surface area contributed by atoms with Crippen LogP contribution in [0.2, 0.25) is 0 Å². The number of amides is 1. The summed E-state index contributed by atoms with van der Waals surface area (Å²) in [7, 11) is 0. The molecule has 0 radical (unpaired) electrons. The van der Waals surface area contributed by atoms with Gasteiger partial charge in [-0.3, -0.25) is 14.7 Å². The van der Waals surface area contributed by atoms with E-state index in [1.54, 1.807) is 11.0 Å². The van der Waals surface area contributed by atoms with Gasteiger partial charge in [0.25, 0.3) is 5.91 Å². The van der Waals surface area contributed by atoms with E-state index in [0.29, 0.717) is 35.5 Å². The molecule has 0 atom stereocenters. The summed E-state index contributed by atoms with van der Waals surface area (Å²) in [5.74, 6) is 0.633. The fourth-order valence-electron chi connectivity index (χ4n) is 3.33. The molecule has 6 heteroatoms. The first kappa shape index (κ1) is 23.1. The molecule has 4 nitrogen and oxygen atoms in total. The molecule has 33 heavy (non-hydrogen) atoms. The van der Waals surface area contributed by atoms with Gasteiger partial charge in [-0.2, -0.15) is 0 Å². The summed E-state index contributed by atoms with van der Waals surface area (Å²) in [4.78, 5) is 20.6. The number of amidine groups is 1. The van der Waals surface area contributed by atoms with Gasteiger partial charge in [-0.05, 0) is 47.2 Å². The van der Waals surface area contributed by atoms with Crippen LogP contribution in [0, 0.1) is 0 Å². The second-order valence-corrected chi connectivity index (χ2v) is 9.28. The summed E-state index contributed by atoms with van der Waals surface area (Å²) in [5, 5.41) is 0.697. The van der Waals surface area contributed by atoms with Gasteiger partial charge in [-0.1, -0.05) is 89.2 Å². The predicted octanol–water partition coefficient (Wildman–Crippen LogP) is 6.69. The third-order valence-corrected chi connectivity index (χ3v) is 6.46. The van der Waals surface area contributed by atoms with Gasteiger partial charge in [-0.15, -0.1) is 0 Å². The number of rotatable bonds is 8. The number of carbonyl (C=O) groups excluding carboxylic acids is 1. The molecular formula is C27H23BrN2O2S. The predicted molar refractivity (Wildman–Crippen MR) is 140 cm³/mol. The van der Waals surface area contributed by atoms with Crippen LogP contribution in [-0.4, -0.2) is 22.6 Å². The number of halogens is 1. The summed E-state index contributed by atoms with van der Waals surface area (Å²) < 4.78 is 6.71. The molecule has 0 saturated carbocycles. The molecule has 1 aliphatic rings. The van der Waals surface area contributed by atoms with Gasteiger partial charge in [0.2, 0.25) is 0 Å². The number of ether oxygens (including phenoxy) is 1. The van der Waals surface area contributed by atoms with Crippen molar-refractivity contribution in [1.29, 1.82) is 0 Å². The van der Waals surface area contributed by atoms with Crippen LogP contribution < -0.4 is 4.74 Å². The monoisotopic (exact) mass is 518 g/mol. The highest BCUT2D eigenvalue weighted by molar-refractivity contribution is 9.10. The van der Waals surface area contributed by atoms with E-state index in [4.69, 9.17) is 9.73 Å². The van der Waals surface area contributed by atoms with Crippen molar-refractivity contribution in [3.8, 4) is 5.75 Å². The zero-order valence-corrected chi connectivity index (χ0v) is 20.4. The van der Waals surface area contributed by atoms with Crippen LogP contribution in [0.25, 0.3) is 6.08 Å². The van der Waals surface area contributed by atoms with E-state index in [0.717, 1.165) is 21.2 Å². The lowest BCUT2D eigenvalue weighted by atomic mass is 10.1. The lowest BCUT2D eigenvalue weighted by molar-refractivity contribution is -0.122. The Morgan fingerprint density at radius 1 is 1.00 bits per heavy atom. The largest absolute Gasteiger partial charge is 0.489 e. The molecule has 0 N–H and O–H groups in total. The molecule has 166 valence electrons. The quantitative estimate of drug-likeness (QED) is 0.246. The van der Waals surface area contributed by atoms with Crippen LogP contribution in [0.15, 0.2) is 106 Å². The Kier molecular flexibility index (Phi) is 7.81. The van der Waals surface area contributed by atoms with Crippen molar-refractivity contribution < 1.29 is 9.53 Å². The fraction of sp³-hybridized carbons (Fsp3) is 0.111. The molecule has 0 aromatic heterocycles. The first-order valence-corrected chi connectivity index (χ1v) is 12.1. The number of hydrogen-bond donors (Lipinski definition) is 0. The Bertz CT molecular complexity index is 1190. The third-order valence-electron chi connectivity index (χ3n) is 4.93. The average Bonchev–Trinajstić information content (AvgIpc) is 3.13. The SMILES string of the molecule is C=CCOc1ccc(Br)cc1/C=C1\SC(=NCc2ccccc2)N(Cc2ccccc2)C1=O. The maximum atomic E-state index is 13.4. The normalized spacial score (nSPS) is 15.9. The molecule has 1 aliphatic heterocycles. The lowest BCUT2D eigenvalue weighted by Crippen LogP contribution is -2.28. The summed E-state index contributed by atoms with van der Waals surface area (Å²) in [6, 6.07) is 25.7. The summed E-state index contributed by atoms with van der Waals surface area (Å²) in [6.07, 6.45) is 3.57. The fourth-order valence-corrected chi connectivity index (χ4v) is 4.67. The van der Waals surface area contributed by atoms with E-state index >= 15 is 0 Å². The molecule has 0 spiro atoms. The highest BCUT2D eigenvalue weighted by Gasteiger charge is 2.33. The number of nitrogens with zero attached hydrogens (tertiary/aromatic N) is 2. The lowest BCUT2D eigenvalue weighted by Gasteiger charge is -2.15. The van der Waals surface area contributed by atoms with Crippen molar-refractivity contribution in [2.45, 2.75) is 13.1 Å². The van der Waals surface area contributed by atoms with Crippen LogP contribution >= 0.6 is 27.7 Å². The van der Waals surface area contributed by atoms with Gasteiger partial charge in [0, 0.05) is 10.0 Å². The van der Waals surface area contributed by atoms with Gasteiger partial charge in [0.15, 0.2) is 5.17 Å². The van der Waals surface area contributed by atoms with Crippen molar-refractivity contribution >= 4 is 44.8 Å². The summed E-state index contributed by atoms with van der Waals surface area (Å²) >= 11 is 4.91. The maximum Gasteiger partial charge on any atom is 0.267 e. The number of carbonyl (C=O) groups is 1. The highest BCUT2D eigenvalue weighted by atomic mass is 79.9. The average molecular weight is 519 g/mol. The minimum atomic E-state index is -0.0645. The molecule has 1 amide bonds. The molecule has 0 bridgehead atoms. The first-order chi connectivity index (χ1) is 16.1. The molecule has 1 heterocycles. The van der Waals surface area contributed by atoms with Crippen LogP contribution in [0.5, 0.6) is 5.75 Å². The van der Waals surface area contributed by atoms with E-state index in [2.05, 4.69) is 22.5 Å². The molecule has 1 fully saturated rings. The highest BCUT2D eigenvalue weighted by Crippen LogP contribution is 2.36. The second kappa shape index (κ2) is 11.2. The maximum absolute atomic E-state index is 13.4. The molecule has 3 aromatic rings. The van der Waals surface area contributed by atoms with Gasteiger partial charge < -0.3 is 4.74 Å². The molecule has 3 aromatic carbocycles. The van der Waals surface area contributed by atoms with Crippen LogP contribution in [0.3, 0.4) is 0 Å². The van der Waals surface area contributed by atoms with E-state index in [1.165, 1.54) is 11.8 Å². The Balaban J connectivity index is 1.66. The zero-order chi connectivity index (χ0) is 23.0. The van der Waals surface area contributed by atoms with Crippen molar-refractivity contribution in [3.05, 3.63) is 118 Å². The van der Waals surface area contributed by atoms with E-state index in [-0.39, 0.29) is 5.91 Å². The minimum Gasteiger partial charge on any atom is -0.489 e. The smallest absolute Gasteiger partial charge is 0.267 e. The molecule has 0 unspecified atom stereocenters. The topological polar surface area (TPSA) is 41.9 Å². The Labute approximate surface area is 206 Å². The Morgan fingerprint density at radius 2 is 1.70 bits per heavy atom. The number of benzene rings is 3. The van der Waals surface area contributed by atoms with Gasteiger partial charge in [0.05, 0.1) is 18.0 Å². The second-order valence-electron chi connectivity index (χ2n) is 7.35. The number of aliphatic imine (C=N–C) groups is 1. The molecule has 1 saturated heterocycles. The summed E-state index contributed by atoms with van der Waals surface area (Å²) in [6.45, 7) is 5.09. The number of hydrogen-bond acceptors (Lipinski definition) is 4. The van der Waals surface area contributed by atoms with Gasteiger partial charge in [0.1, 0.15) is 12.4 Å². The van der Waals surface area contributed by atoms with E-state index in [9.17, 15) is 4.79 Å². The van der Waals surface area contributed by atoms with Gasteiger partial charge >= 0.3 is 0 Å². The van der Waals surface area contributed by atoms with Crippen molar-refractivity contribution in [1.82, 2.24) is 4.90 Å². The number of thioether (sulfide) groups is 1. The van der Waals surface area contributed by atoms with Crippen LogP contribution in [0.4, 0.5) is 0 Å². The van der Waals surface area contributed by atoms with Crippen LogP contribution in [0.1, 0.15) is 16.7 Å². The summed E-state index contributed by atoms with van der Waals surface area (Å²) in [5.41, 5.74) is 2.98. The van der Waals surface area contributed by atoms with Gasteiger partial charge in [-0.25, -0.2) is 0 Å². The first-order valence-electron chi connectivity index (χ1n) is 10.5. The third kappa shape index (κ3) is 6.03. The van der Waals surface area contributed by atoms with E-state index < -0.39 is 0 Å². The minimum absolute atomic E-state index is 0.0645. The molecular weight excluding hydrogens is 496 g/mol. The van der Waals surface area contributed by atoms with Crippen molar-refractivity contribution in [2.24, 2.45) is 4.99 Å². The molecule has 4 rings (SSSR count).